The topological polar surface area (TPSA) is 97.7 Å². The molecular weight excluding hydrogens is 353 g/mol. The second kappa shape index (κ2) is 8.05. The molecule has 0 spiro atoms. The summed E-state index contributed by atoms with van der Waals surface area (Å²) < 4.78 is 18.8. The summed E-state index contributed by atoms with van der Waals surface area (Å²) in [6.45, 7) is 0. The average Bonchev–Trinajstić information content (AvgIpc) is 3.11. The van der Waals surface area contributed by atoms with E-state index in [2.05, 4.69) is 10.5 Å². The van der Waals surface area contributed by atoms with Crippen LogP contribution in [0.4, 0.5) is 10.1 Å². The van der Waals surface area contributed by atoms with Gasteiger partial charge in [0.15, 0.2) is 0 Å². The maximum atomic E-state index is 13.3. The fourth-order valence-corrected chi connectivity index (χ4v) is 2.44. The monoisotopic (exact) mass is 367 g/mol. The normalized spacial score (nSPS) is 10.9. The van der Waals surface area contributed by atoms with E-state index in [9.17, 15) is 19.3 Å². The third-order valence-electron chi connectivity index (χ3n) is 3.66. The average molecular weight is 367 g/mol. The van der Waals surface area contributed by atoms with Gasteiger partial charge in [0.2, 0.25) is 5.91 Å². The van der Waals surface area contributed by atoms with Crippen molar-refractivity contribution in [3.8, 4) is 11.3 Å². The number of benzene rings is 2. The van der Waals surface area contributed by atoms with Crippen molar-refractivity contribution in [2.75, 3.05) is 0 Å². The maximum Gasteiger partial charge on any atom is 0.273 e. The molecule has 1 amide bonds. The van der Waals surface area contributed by atoms with Crippen molar-refractivity contribution < 1.29 is 18.5 Å². The molecule has 1 aromatic heterocycles. The molecule has 27 heavy (non-hydrogen) atoms. The highest BCUT2D eigenvalue weighted by molar-refractivity contribution is 5.82. The second-order valence-electron chi connectivity index (χ2n) is 5.57. The highest BCUT2D eigenvalue weighted by atomic mass is 19.1. The Kier molecular flexibility index (Phi) is 5.36. The van der Waals surface area contributed by atoms with Crippen molar-refractivity contribution in [1.82, 2.24) is 5.43 Å². The van der Waals surface area contributed by atoms with E-state index < -0.39 is 10.8 Å². The Morgan fingerprint density at radius 1 is 1.19 bits per heavy atom. The van der Waals surface area contributed by atoms with E-state index in [1.807, 2.05) is 0 Å². The van der Waals surface area contributed by atoms with Crippen LogP contribution in [0.5, 0.6) is 0 Å². The zero-order valence-corrected chi connectivity index (χ0v) is 14.0. The van der Waals surface area contributed by atoms with Crippen LogP contribution in [0.15, 0.2) is 70.2 Å². The van der Waals surface area contributed by atoms with Gasteiger partial charge in [-0.05, 0) is 24.3 Å². The third-order valence-corrected chi connectivity index (χ3v) is 3.66. The molecule has 0 fully saturated rings. The van der Waals surface area contributed by atoms with Crippen LogP contribution in [0.2, 0.25) is 0 Å². The number of hydrogen-bond donors (Lipinski definition) is 1. The van der Waals surface area contributed by atoms with E-state index in [1.54, 1.807) is 30.3 Å². The molecule has 7 nitrogen and oxygen atoms in total. The van der Waals surface area contributed by atoms with Crippen LogP contribution in [-0.4, -0.2) is 17.0 Å². The fourth-order valence-electron chi connectivity index (χ4n) is 2.44. The van der Waals surface area contributed by atoms with Gasteiger partial charge in [0.1, 0.15) is 17.3 Å². The van der Waals surface area contributed by atoms with Crippen molar-refractivity contribution in [1.29, 1.82) is 0 Å². The number of rotatable bonds is 6. The lowest BCUT2D eigenvalue weighted by atomic mass is 10.1. The molecule has 2 aromatic carbocycles. The molecule has 3 aromatic rings. The Bertz CT molecular complexity index is 1010. The molecule has 8 heteroatoms. The van der Waals surface area contributed by atoms with E-state index in [0.717, 1.165) is 0 Å². The Labute approximate surface area is 153 Å². The minimum atomic E-state index is -0.539. The predicted octanol–water partition coefficient (Wildman–Crippen LogP) is 3.69. The first-order chi connectivity index (χ1) is 13.0. The molecule has 0 atom stereocenters. The number of carbonyl (C=O) groups is 1. The number of hydrazone groups is 1. The highest BCUT2D eigenvalue weighted by Crippen LogP contribution is 2.22. The Hall–Kier alpha value is -3.81. The molecule has 0 radical (unpaired) electrons. The summed E-state index contributed by atoms with van der Waals surface area (Å²) >= 11 is 0. The largest absolute Gasteiger partial charge is 0.455 e. The van der Waals surface area contributed by atoms with Gasteiger partial charge in [0.25, 0.3) is 5.69 Å². The number of hydrogen-bond acceptors (Lipinski definition) is 5. The molecule has 0 saturated carbocycles. The smallest absolute Gasteiger partial charge is 0.273 e. The molecular formula is C19H14FN3O4. The van der Waals surface area contributed by atoms with Crippen LogP contribution in [0.1, 0.15) is 11.3 Å². The molecule has 3 rings (SSSR count). The molecule has 0 saturated heterocycles. The van der Waals surface area contributed by atoms with Gasteiger partial charge < -0.3 is 4.42 Å². The molecule has 1 N–H and O–H groups in total. The third kappa shape index (κ3) is 4.63. The summed E-state index contributed by atoms with van der Waals surface area (Å²) in [5.74, 6) is -0.0544. The first-order valence-electron chi connectivity index (χ1n) is 7.93. The van der Waals surface area contributed by atoms with E-state index in [0.29, 0.717) is 22.6 Å². The summed E-state index contributed by atoms with van der Waals surface area (Å²) in [6.07, 6.45) is 1.11. The Morgan fingerprint density at radius 2 is 2.00 bits per heavy atom. The summed E-state index contributed by atoms with van der Waals surface area (Å²) in [5.41, 5.74) is 3.04. The minimum absolute atomic E-state index is 0.123. The van der Waals surface area contributed by atoms with Crippen molar-refractivity contribution in [2.45, 2.75) is 6.42 Å². The van der Waals surface area contributed by atoms with E-state index in [4.69, 9.17) is 4.42 Å². The lowest BCUT2D eigenvalue weighted by molar-refractivity contribution is -0.385. The van der Waals surface area contributed by atoms with Gasteiger partial charge in [-0.1, -0.05) is 30.3 Å². The SMILES string of the molecule is O=C(Cc1ccccc1[N+](=O)[O-])NN=Cc1ccc(-c2cccc(F)c2)o1. The molecule has 136 valence electrons. The number of carbonyl (C=O) groups excluding carboxylic acids is 1. The maximum absolute atomic E-state index is 13.3. The second-order valence-corrected chi connectivity index (χ2v) is 5.57. The summed E-state index contributed by atoms with van der Waals surface area (Å²) in [6, 6.07) is 15.2. The van der Waals surface area contributed by atoms with Gasteiger partial charge in [0.05, 0.1) is 17.6 Å². The van der Waals surface area contributed by atoms with Crippen LogP contribution in [0.3, 0.4) is 0 Å². The lowest BCUT2D eigenvalue weighted by Crippen LogP contribution is -2.20. The van der Waals surface area contributed by atoms with Gasteiger partial charge in [-0.25, -0.2) is 9.82 Å². The number of nitrogens with zero attached hydrogens (tertiary/aromatic N) is 2. The van der Waals surface area contributed by atoms with Crippen LogP contribution < -0.4 is 5.43 Å². The molecule has 1 heterocycles. The van der Waals surface area contributed by atoms with Crippen molar-refractivity contribution in [2.24, 2.45) is 5.10 Å². The van der Waals surface area contributed by atoms with Crippen molar-refractivity contribution in [3.05, 3.63) is 87.9 Å². The fraction of sp³-hybridized carbons (Fsp3) is 0.0526. The Balaban J connectivity index is 1.61. The number of halogens is 1. The van der Waals surface area contributed by atoms with Gasteiger partial charge in [-0.3, -0.25) is 14.9 Å². The molecule has 0 unspecified atom stereocenters. The van der Waals surface area contributed by atoms with Crippen LogP contribution >= 0.6 is 0 Å². The van der Waals surface area contributed by atoms with Crippen molar-refractivity contribution in [3.63, 3.8) is 0 Å². The van der Waals surface area contributed by atoms with Gasteiger partial charge in [-0.2, -0.15) is 5.10 Å². The van der Waals surface area contributed by atoms with E-state index in [-0.39, 0.29) is 17.9 Å². The van der Waals surface area contributed by atoms with E-state index >= 15 is 0 Å². The molecule has 0 aliphatic heterocycles. The van der Waals surface area contributed by atoms with Crippen LogP contribution in [0.25, 0.3) is 11.3 Å². The number of amides is 1. The van der Waals surface area contributed by atoms with Gasteiger partial charge in [-0.15, -0.1) is 0 Å². The highest BCUT2D eigenvalue weighted by Gasteiger charge is 2.15. The first kappa shape index (κ1) is 18.0. The zero-order chi connectivity index (χ0) is 19.2. The van der Waals surface area contributed by atoms with Gasteiger partial charge in [0, 0.05) is 17.2 Å². The standard InChI is InChI=1S/C19H14FN3O4/c20-15-6-3-5-14(10-15)18-9-8-16(27-18)12-21-22-19(24)11-13-4-1-2-7-17(13)23(25)26/h1-10,12H,11H2,(H,22,24). The number of nitrogens with one attached hydrogen (secondary N) is 1. The first-order valence-corrected chi connectivity index (χ1v) is 7.93. The molecule has 0 aliphatic carbocycles. The quantitative estimate of drug-likeness (QED) is 0.408. The summed E-state index contributed by atoms with van der Waals surface area (Å²) in [4.78, 5) is 22.3. The van der Waals surface area contributed by atoms with Gasteiger partial charge >= 0.3 is 0 Å². The number of nitro groups is 1. The number of para-hydroxylation sites is 1. The molecule has 0 bridgehead atoms. The lowest BCUT2D eigenvalue weighted by Gasteiger charge is -2.01. The molecule has 0 aliphatic rings. The predicted molar refractivity (Wildman–Crippen MR) is 96.6 cm³/mol. The number of furan rings is 1. The summed E-state index contributed by atoms with van der Waals surface area (Å²) in [7, 11) is 0. The number of nitro benzene ring substituents is 1. The van der Waals surface area contributed by atoms with Crippen molar-refractivity contribution >= 4 is 17.8 Å². The van der Waals surface area contributed by atoms with Crippen LogP contribution in [-0.2, 0) is 11.2 Å². The minimum Gasteiger partial charge on any atom is -0.455 e. The van der Waals surface area contributed by atoms with Crippen LogP contribution in [0, 0.1) is 15.9 Å². The summed E-state index contributed by atoms with van der Waals surface area (Å²) in [5, 5.41) is 14.7. The Morgan fingerprint density at radius 3 is 2.78 bits per heavy atom. The zero-order valence-electron chi connectivity index (χ0n) is 14.0. The van der Waals surface area contributed by atoms with E-state index in [1.165, 1.54) is 36.5 Å².